The molecule has 1 amide bonds. The molecule has 1 atom stereocenters. The van der Waals surface area contributed by atoms with Crippen molar-refractivity contribution in [3.8, 4) is 17.2 Å². The summed E-state index contributed by atoms with van der Waals surface area (Å²) < 4.78 is 10.9. The minimum Gasteiger partial charge on any atom is -0.507 e. The van der Waals surface area contributed by atoms with Gasteiger partial charge in [0.15, 0.2) is 11.5 Å². The molecule has 3 aromatic rings. The van der Waals surface area contributed by atoms with Gasteiger partial charge in [0.25, 0.3) is 5.91 Å². The van der Waals surface area contributed by atoms with E-state index in [0.29, 0.717) is 23.6 Å². The van der Waals surface area contributed by atoms with Crippen LogP contribution in [0.5, 0.6) is 17.2 Å². The van der Waals surface area contributed by atoms with E-state index in [2.05, 4.69) is 5.32 Å². The molecule has 0 saturated heterocycles. The third kappa shape index (κ3) is 3.01. The van der Waals surface area contributed by atoms with E-state index in [-0.39, 0.29) is 24.6 Å². The number of benzene rings is 3. The Balaban J connectivity index is 1.57. The average Bonchev–Trinajstić information content (AvgIpc) is 3.21. The second-order valence-electron chi connectivity index (χ2n) is 7.72. The van der Waals surface area contributed by atoms with E-state index in [4.69, 9.17) is 9.47 Å². The van der Waals surface area contributed by atoms with Crippen molar-refractivity contribution < 1.29 is 19.4 Å². The molecule has 0 radical (unpaired) electrons. The molecule has 5 rings (SSSR count). The summed E-state index contributed by atoms with van der Waals surface area (Å²) in [5.74, 6) is 1.64. The smallest absolute Gasteiger partial charge is 0.258 e. The second kappa shape index (κ2) is 6.99. The summed E-state index contributed by atoms with van der Waals surface area (Å²) in [6, 6.07) is 17.1. The van der Waals surface area contributed by atoms with Crippen molar-refractivity contribution in [1.82, 2.24) is 4.90 Å². The molecule has 0 saturated carbocycles. The van der Waals surface area contributed by atoms with Crippen LogP contribution < -0.4 is 14.8 Å². The van der Waals surface area contributed by atoms with Crippen LogP contribution in [0.1, 0.15) is 38.8 Å². The molecule has 3 aromatic carbocycles. The number of carbonyl (C=O) groups is 1. The number of nitrogens with zero attached hydrogens (tertiary/aromatic N) is 1. The number of para-hydroxylation sites is 1. The van der Waals surface area contributed by atoms with Crippen LogP contribution in [0.4, 0.5) is 5.69 Å². The molecule has 0 fully saturated rings. The summed E-state index contributed by atoms with van der Waals surface area (Å²) in [7, 11) is 0. The number of carbonyl (C=O) groups excluding carboxylic acids is 1. The zero-order valence-corrected chi connectivity index (χ0v) is 16.8. The van der Waals surface area contributed by atoms with Gasteiger partial charge in [0.1, 0.15) is 11.9 Å². The van der Waals surface area contributed by atoms with E-state index in [1.165, 1.54) is 0 Å². The van der Waals surface area contributed by atoms with Gasteiger partial charge in [-0.25, -0.2) is 0 Å². The highest BCUT2D eigenvalue weighted by molar-refractivity contribution is 6.01. The fourth-order valence-electron chi connectivity index (χ4n) is 4.10. The van der Waals surface area contributed by atoms with Crippen molar-refractivity contribution in [2.45, 2.75) is 26.6 Å². The maximum Gasteiger partial charge on any atom is 0.258 e. The summed E-state index contributed by atoms with van der Waals surface area (Å²) in [5.41, 5.74) is 4.87. The molecular formula is C24H22N2O4. The van der Waals surface area contributed by atoms with Gasteiger partial charge in [-0.3, -0.25) is 4.79 Å². The van der Waals surface area contributed by atoms with Crippen LogP contribution in [0.2, 0.25) is 0 Å². The monoisotopic (exact) mass is 402 g/mol. The van der Waals surface area contributed by atoms with Crippen molar-refractivity contribution in [2.75, 3.05) is 12.1 Å². The molecule has 2 aliphatic heterocycles. The Labute approximate surface area is 174 Å². The van der Waals surface area contributed by atoms with E-state index in [1.54, 1.807) is 0 Å². The summed E-state index contributed by atoms with van der Waals surface area (Å²) in [5, 5.41) is 13.7. The Morgan fingerprint density at radius 1 is 1.03 bits per heavy atom. The summed E-state index contributed by atoms with van der Waals surface area (Å²) in [4.78, 5) is 15.3. The standard InChI is InChI=1S/C24H22N2O4/c1-14-9-17(10-15(2)22(14)27)23-25-19-6-4-3-5-18(19)24(28)26(23)12-16-7-8-20-21(11-16)30-13-29-20/h3-11,23,25,27H,12-13H2,1-2H3/t23-/m0/s1. The number of hydrogen-bond acceptors (Lipinski definition) is 5. The molecule has 6 nitrogen and oxygen atoms in total. The number of phenols is 1. The van der Waals surface area contributed by atoms with Gasteiger partial charge < -0.3 is 24.8 Å². The van der Waals surface area contributed by atoms with Crippen LogP contribution in [0.25, 0.3) is 0 Å². The first-order chi connectivity index (χ1) is 14.5. The van der Waals surface area contributed by atoms with Crippen molar-refractivity contribution in [3.63, 3.8) is 0 Å². The van der Waals surface area contributed by atoms with Crippen LogP contribution in [0.15, 0.2) is 54.6 Å². The molecule has 6 heteroatoms. The van der Waals surface area contributed by atoms with Crippen molar-refractivity contribution in [1.29, 1.82) is 0 Å². The number of amides is 1. The van der Waals surface area contributed by atoms with Gasteiger partial charge >= 0.3 is 0 Å². The number of hydrogen-bond donors (Lipinski definition) is 2. The van der Waals surface area contributed by atoms with Gasteiger partial charge in [-0.15, -0.1) is 0 Å². The molecule has 0 aromatic heterocycles. The highest BCUT2D eigenvalue weighted by Gasteiger charge is 2.33. The van der Waals surface area contributed by atoms with Gasteiger partial charge in [0.05, 0.1) is 5.56 Å². The number of fused-ring (bicyclic) bond motifs is 2. The zero-order valence-electron chi connectivity index (χ0n) is 16.8. The average molecular weight is 402 g/mol. The van der Waals surface area contributed by atoms with Crippen LogP contribution >= 0.6 is 0 Å². The molecule has 0 unspecified atom stereocenters. The lowest BCUT2D eigenvalue weighted by molar-refractivity contribution is 0.0666. The molecular weight excluding hydrogens is 380 g/mol. The first-order valence-electron chi connectivity index (χ1n) is 9.86. The predicted octanol–water partition coefficient (Wildman–Crippen LogP) is 4.50. The molecule has 0 bridgehead atoms. The number of rotatable bonds is 3. The predicted molar refractivity (Wildman–Crippen MR) is 113 cm³/mol. The molecule has 0 aliphatic carbocycles. The van der Waals surface area contributed by atoms with E-state index in [0.717, 1.165) is 27.9 Å². The number of anilines is 1. The Bertz CT molecular complexity index is 1130. The topological polar surface area (TPSA) is 71.0 Å². The molecule has 2 heterocycles. The largest absolute Gasteiger partial charge is 0.507 e. The van der Waals surface area contributed by atoms with Crippen LogP contribution in [-0.2, 0) is 6.54 Å². The SMILES string of the molecule is Cc1cc([C@H]2Nc3ccccc3C(=O)N2Cc2ccc3c(c2)OCO3)cc(C)c1O. The van der Waals surface area contributed by atoms with E-state index < -0.39 is 0 Å². The molecule has 2 N–H and O–H groups in total. The molecule has 0 spiro atoms. The van der Waals surface area contributed by atoms with Crippen molar-refractivity contribution in [2.24, 2.45) is 0 Å². The number of ether oxygens (including phenoxy) is 2. The van der Waals surface area contributed by atoms with E-state index in [1.807, 2.05) is 73.3 Å². The normalized spacial score (nSPS) is 16.9. The number of nitrogens with one attached hydrogen (secondary N) is 1. The van der Waals surface area contributed by atoms with Crippen LogP contribution in [0, 0.1) is 13.8 Å². The maximum absolute atomic E-state index is 13.5. The highest BCUT2D eigenvalue weighted by atomic mass is 16.7. The lowest BCUT2D eigenvalue weighted by Crippen LogP contribution is -2.42. The highest BCUT2D eigenvalue weighted by Crippen LogP contribution is 2.38. The number of aromatic hydroxyl groups is 1. The van der Waals surface area contributed by atoms with E-state index >= 15 is 0 Å². The minimum atomic E-state index is -0.365. The third-order valence-electron chi connectivity index (χ3n) is 5.64. The first-order valence-corrected chi connectivity index (χ1v) is 9.86. The Morgan fingerprint density at radius 2 is 1.77 bits per heavy atom. The number of phenolic OH excluding ortho intramolecular Hbond substituents is 1. The Morgan fingerprint density at radius 3 is 2.57 bits per heavy atom. The van der Waals surface area contributed by atoms with Crippen molar-refractivity contribution in [3.05, 3.63) is 82.4 Å². The van der Waals surface area contributed by atoms with Gasteiger partial charge in [-0.05, 0) is 72.5 Å². The Kier molecular flexibility index (Phi) is 4.28. The quantitative estimate of drug-likeness (QED) is 0.675. The number of aryl methyl sites for hydroxylation is 2. The third-order valence-corrected chi connectivity index (χ3v) is 5.64. The lowest BCUT2D eigenvalue weighted by Gasteiger charge is -2.38. The van der Waals surface area contributed by atoms with Crippen LogP contribution in [-0.4, -0.2) is 22.7 Å². The Hall–Kier alpha value is -3.67. The summed E-state index contributed by atoms with van der Waals surface area (Å²) in [6.45, 7) is 4.35. The van der Waals surface area contributed by atoms with Gasteiger partial charge in [-0.1, -0.05) is 18.2 Å². The zero-order chi connectivity index (χ0) is 20.8. The minimum absolute atomic E-state index is 0.0459. The lowest BCUT2D eigenvalue weighted by atomic mass is 9.99. The van der Waals surface area contributed by atoms with E-state index in [9.17, 15) is 9.90 Å². The van der Waals surface area contributed by atoms with Gasteiger partial charge in [-0.2, -0.15) is 0 Å². The van der Waals surface area contributed by atoms with Gasteiger partial charge in [0, 0.05) is 12.2 Å². The first kappa shape index (κ1) is 18.4. The molecule has 30 heavy (non-hydrogen) atoms. The van der Waals surface area contributed by atoms with Gasteiger partial charge in [0.2, 0.25) is 6.79 Å². The maximum atomic E-state index is 13.5. The fraction of sp³-hybridized carbons (Fsp3) is 0.208. The van der Waals surface area contributed by atoms with Crippen molar-refractivity contribution >= 4 is 11.6 Å². The van der Waals surface area contributed by atoms with Crippen LogP contribution in [0.3, 0.4) is 0 Å². The molecule has 2 aliphatic rings. The molecule has 152 valence electrons. The fourth-order valence-corrected chi connectivity index (χ4v) is 4.10. The summed E-state index contributed by atoms with van der Waals surface area (Å²) in [6.07, 6.45) is -0.365. The second-order valence-corrected chi connectivity index (χ2v) is 7.72. The summed E-state index contributed by atoms with van der Waals surface area (Å²) >= 11 is 0.